The minimum atomic E-state index is 0.186. The lowest BCUT2D eigenvalue weighted by molar-refractivity contribution is -0.125. The highest BCUT2D eigenvalue weighted by atomic mass is 16.5. The number of nitrogens with zero attached hydrogens (tertiary/aromatic N) is 4. The Hall–Kier alpha value is -1.63. The zero-order chi connectivity index (χ0) is 17.7. The van der Waals surface area contributed by atoms with Crippen molar-refractivity contribution in [3.05, 3.63) is 11.6 Å². The van der Waals surface area contributed by atoms with Gasteiger partial charge in [-0.05, 0) is 39.0 Å². The van der Waals surface area contributed by atoms with Gasteiger partial charge in [0.05, 0.1) is 12.1 Å². The Morgan fingerprint density at radius 3 is 2.88 bits per heavy atom. The Labute approximate surface area is 155 Å². The first-order valence-corrected chi connectivity index (χ1v) is 10.2. The average molecular weight is 358 g/mol. The van der Waals surface area contributed by atoms with Gasteiger partial charge in [-0.15, -0.1) is 0 Å². The molecule has 2 aliphatic heterocycles. The fourth-order valence-corrected chi connectivity index (χ4v) is 5.99. The first-order valence-electron chi connectivity index (χ1n) is 10.2. The minimum absolute atomic E-state index is 0.186. The van der Waals surface area contributed by atoms with E-state index in [0.717, 1.165) is 43.6 Å². The predicted molar refractivity (Wildman–Crippen MR) is 98.9 cm³/mol. The van der Waals surface area contributed by atoms with Crippen molar-refractivity contribution >= 4 is 5.96 Å². The summed E-state index contributed by atoms with van der Waals surface area (Å²) < 4.78 is 8.16. The van der Waals surface area contributed by atoms with Crippen LogP contribution in [0.15, 0.2) is 4.99 Å². The van der Waals surface area contributed by atoms with Crippen molar-refractivity contribution in [3.8, 4) is 0 Å². The second-order valence-electron chi connectivity index (χ2n) is 8.46. The van der Waals surface area contributed by atoms with Crippen LogP contribution < -0.4 is 10.6 Å². The van der Waals surface area contributed by atoms with Gasteiger partial charge in [-0.1, -0.05) is 12.8 Å². The molecule has 1 aromatic rings. The van der Waals surface area contributed by atoms with E-state index in [1.165, 1.54) is 32.1 Å². The first-order chi connectivity index (χ1) is 12.7. The summed E-state index contributed by atoms with van der Waals surface area (Å²) in [5.74, 6) is 3.45. The smallest absolute Gasteiger partial charge is 0.191 e. The molecule has 0 bridgehead atoms. The summed E-state index contributed by atoms with van der Waals surface area (Å²) in [6.45, 7) is 3.85. The van der Waals surface area contributed by atoms with E-state index in [-0.39, 0.29) is 6.04 Å². The number of hydrogen-bond acceptors (Lipinski definition) is 4. The van der Waals surface area contributed by atoms with E-state index in [1.807, 2.05) is 18.7 Å². The molecule has 1 aromatic heterocycles. The highest BCUT2D eigenvalue weighted by Crippen LogP contribution is 2.60. The van der Waals surface area contributed by atoms with E-state index in [4.69, 9.17) is 4.74 Å². The van der Waals surface area contributed by atoms with Gasteiger partial charge in [0.1, 0.15) is 11.6 Å². The first kappa shape index (κ1) is 16.5. The van der Waals surface area contributed by atoms with Crippen molar-refractivity contribution in [1.29, 1.82) is 0 Å². The molecule has 4 atom stereocenters. The highest BCUT2D eigenvalue weighted by molar-refractivity contribution is 5.80. The van der Waals surface area contributed by atoms with Gasteiger partial charge in [-0.3, -0.25) is 4.99 Å². The fourth-order valence-electron chi connectivity index (χ4n) is 5.99. The quantitative estimate of drug-likeness (QED) is 0.624. The van der Waals surface area contributed by atoms with Crippen LogP contribution in [-0.4, -0.2) is 46.5 Å². The molecule has 4 unspecified atom stereocenters. The molecule has 3 heterocycles. The van der Waals surface area contributed by atoms with E-state index in [2.05, 4.69) is 25.7 Å². The second-order valence-corrected chi connectivity index (χ2v) is 8.46. The molecule has 4 aliphatic rings. The monoisotopic (exact) mass is 358 g/mol. The summed E-state index contributed by atoms with van der Waals surface area (Å²) in [5, 5.41) is 11.9. The maximum Gasteiger partial charge on any atom is 0.191 e. The second kappa shape index (κ2) is 6.22. The van der Waals surface area contributed by atoms with Gasteiger partial charge in [0.15, 0.2) is 5.96 Å². The van der Waals surface area contributed by atoms with Crippen molar-refractivity contribution in [1.82, 2.24) is 25.4 Å². The molecule has 0 radical (unpaired) electrons. The van der Waals surface area contributed by atoms with Crippen molar-refractivity contribution < 1.29 is 4.74 Å². The molecular weight excluding hydrogens is 328 g/mol. The molecule has 142 valence electrons. The molecule has 2 aliphatic carbocycles. The number of aryl methyl sites for hydroxylation is 2. The van der Waals surface area contributed by atoms with E-state index in [9.17, 15) is 0 Å². The summed E-state index contributed by atoms with van der Waals surface area (Å²) in [7, 11) is 1.87. The number of guanidine groups is 1. The normalized spacial score (nSPS) is 35.1. The van der Waals surface area contributed by atoms with Gasteiger partial charge < -0.3 is 15.4 Å². The van der Waals surface area contributed by atoms with Crippen LogP contribution in [0.4, 0.5) is 0 Å². The number of aromatic nitrogens is 3. The van der Waals surface area contributed by atoms with Gasteiger partial charge >= 0.3 is 0 Å². The third kappa shape index (κ3) is 2.39. The third-order valence-electron chi connectivity index (χ3n) is 7.09. The number of nitrogens with one attached hydrogen (secondary N) is 2. The molecule has 5 rings (SSSR count). The summed E-state index contributed by atoms with van der Waals surface area (Å²) in [5.41, 5.74) is 0.335. The number of aliphatic imine (C=N–C) groups is 1. The largest absolute Gasteiger partial charge is 0.377 e. The SMILES string of the molecule is CN=C(NC1CCCn2nc(C)nc21)NC1C2CCOC2C12CCCC2. The topological polar surface area (TPSA) is 76.4 Å². The lowest BCUT2D eigenvalue weighted by Gasteiger charge is -2.57. The summed E-state index contributed by atoms with van der Waals surface area (Å²) in [4.78, 5) is 9.19. The molecule has 26 heavy (non-hydrogen) atoms. The van der Waals surface area contributed by atoms with Gasteiger partial charge in [0.25, 0.3) is 0 Å². The lowest BCUT2D eigenvalue weighted by atomic mass is 9.54. The van der Waals surface area contributed by atoms with Crippen LogP contribution in [0.3, 0.4) is 0 Å². The Bertz CT molecular complexity index is 707. The Morgan fingerprint density at radius 1 is 1.23 bits per heavy atom. The van der Waals surface area contributed by atoms with Crippen LogP contribution in [0.5, 0.6) is 0 Å². The van der Waals surface area contributed by atoms with Gasteiger partial charge in [-0.2, -0.15) is 5.10 Å². The minimum Gasteiger partial charge on any atom is -0.377 e. The van der Waals surface area contributed by atoms with Gasteiger partial charge in [-0.25, -0.2) is 9.67 Å². The molecule has 2 N–H and O–H groups in total. The number of hydrogen-bond donors (Lipinski definition) is 2. The van der Waals surface area contributed by atoms with Gasteiger partial charge in [0.2, 0.25) is 0 Å². The van der Waals surface area contributed by atoms with Crippen molar-refractivity contribution in [2.24, 2.45) is 16.3 Å². The average Bonchev–Trinajstić information content (AvgIpc) is 3.35. The number of rotatable bonds is 2. The predicted octanol–water partition coefficient (Wildman–Crippen LogP) is 1.93. The summed E-state index contributed by atoms with van der Waals surface area (Å²) in [6.07, 6.45) is 9.10. The Morgan fingerprint density at radius 2 is 2.08 bits per heavy atom. The Balaban J connectivity index is 1.32. The zero-order valence-electron chi connectivity index (χ0n) is 15.9. The number of ether oxygens (including phenoxy) is 1. The van der Waals surface area contributed by atoms with Crippen molar-refractivity contribution in [2.75, 3.05) is 13.7 Å². The molecule has 7 heteroatoms. The van der Waals surface area contributed by atoms with E-state index < -0.39 is 0 Å². The summed E-state index contributed by atoms with van der Waals surface area (Å²) in [6, 6.07) is 0.679. The van der Waals surface area contributed by atoms with Crippen LogP contribution in [-0.2, 0) is 11.3 Å². The van der Waals surface area contributed by atoms with E-state index in [0.29, 0.717) is 23.5 Å². The molecule has 0 amide bonds. The van der Waals surface area contributed by atoms with Crippen LogP contribution in [0, 0.1) is 18.3 Å². The van der Waals surface area contributed by atoms with Crippen LogP contribution in [0.25, 0.3) is 0 Å². The molecule has 1 saturated heterocycles. The summed E-state index contributed by atoms with van der Waals surface area (Å²) >= 11 is 0. The molecule has 0 aromatic carbocycles. The Kier molecular flexibility index (Phi) is 3.95. The maximum absolute atomic E-state index is 6.11. The standard InChI is InChI=1S/C19H30N6O/c1-12-21-17-14(6-5-10-25(17)24-12)22-18(20-2)23-15-13-7-11-26-16(13)19(15)8-3-4-9-19/h13-16H,3-11H2,1-2H3,(H2,20,22,23). The fraction of sp³-hybridized carbons (Fsp3) is 0.842. The van der Waals surface area contributed by atoms with E-state index in [1.54, 1.807) is 0 Å². The maximum atomic E-state index is 6.11. The third-order valence-corrected chi connectivity index (χ3v) is 7.09. The van der Waals surface area contributed by atoms with Crippen molar-refractivity contribution in [3.63, 3.8) is 0 Å². The molecular formula is C19H30N6O. The number of fused-ring (bicyclic) bond motifs is 3. The highest BCUT2D eigenvalue weighted by Gasteiger charge is 2.65. The van der Waals surface area contributed by atoms with Crippen LogP contribution in [0.2, 0.25) is 0 Å². The zero-order valence-corrected chi connectivity index (χ0v) is 15.9. The molecule has 2 saturated carbocycles. The lowest BCUT2D eigenvalue weighted by Crippen LogP contribution is -2.69. The molecule has 3 fully saturated rings. The molecule has 1 spiro atoms. The van der Waals surface area contributed by atoms with E-state index >= 15 is 0 Å². The molecule has 7 nitrogen and oxygen atoms in total. The van der Waals surface area contributed by atoms with Crippen molar-refractivity contribution in [2.45, 2.75) is 76.6 Å². The van der Waals surface area contributed by atoms with Crippen LogP contribution >= 0.6 is 0 Å². The van der Waals surface area contributed by atoms with Gasteiger partial charge in [0, 0.05) is 37.6 Å². The van der Waals surface area contributed by atoms with Crippen LogP contribution in [0.1, 0.15) is 62.6 Å².